The number of nitrogens with one attached hydrogen (secondary N) is 2. The Balaban J connectivity index is 1.42. The molecule has 0 saturated carbocycles. The Hall–Kier alpha value is -4.22. The van der Waals surface area contributed by atoms with Gasteiger partial charge in [-0.3, -0.25) is 14.4 Å². The fraction of sp³-hybridized carbons (Fsp3) is 0.300. The second kappa shape index (κ2) is 11.0. The summed E-state index contributed by atoms with van der Waals surface area (Å²) < 4.78 is 26.6. The molecule has 0 radical (unpaired) electrons. The molecule has 0 spiro atoms. The Morgan fingerprint density at radius 1 is 1.00 bits per heavy atom. The summed E-state index contributed by atoms with van der Waals surface area (Å²) in [5.74, 6) is -1.64. The van der Waals surface area contributed by atoms with E-state index in [0.29, 0.717) is 58.0 Å². The molecular formula is C30H32N4O6S. The number of amides is 2. The number of carbonyl (C=O) groups excluding carboxylic acids is 2. The molecule has 0 aliphatic carbocycles. The maximum absolute atomic E-state index is 13.3. The molecule has 10 nitrogen and oxygen atoms in total. The average molecular weight is 577 g/mol. The van der Waals surface area contributed by atoms with E-state index in [4.69, 9.17) is 5.11 Å². The summed E-state index contributed by atoms with van der Waals surface area (Å²) in [5, 5.41) is 11.7. The van der Waals surface area contributed by atoms with Gasteiger partial charge in [0.15, 0.2) is 9.84 Å². The third kappa shape index (κ3) is 5.82. The number of sulfone groups is 1. The van der Waals surface area contributed by atoms with Gasteiger partial charge < -0.3 is 25.2 Å². The molecule has 0 bridgehead atoms. The molecule has 1 saturated heterocycles. The first kappa shape index (κ1) is 28.3. The number of aromatic amines is 1. The number of nitrogens with zero attached hydrogens (tertiary/aromatic N) is 2. The second-order valence-electron chi connectivity index (χ2n) is 10.6. The number of hydrogen-bond acceptors (Lipinski definition) is 6. The molecule has 5 rings (SSSR count). The summed E-state index contributed by atoms with van der Waals surface area (Å²) in [6.07, 6.45) is 1.53. The highest BCUT2D eigenvalue weighted by Gasteiger charge is 2.29. The Kier molecular flexibility index (Phi) is 7.58. The molecule has 2 aliphatic heterocycles. The molecular weight excluding hydrogens is 544 g/mol. The SMILES string of the molecule is Cc1[nH]c(C=C2C(=O)Nc3ccc(S(=O)(=O)Cc4ccc(CC(=O)O)cc4)cc32)c(C)c1C(=O)N1CCN(C)CC1. The van der Waals surface area contributed by atoms with Gasteiger partial charge in [0.2, 0.25) is 0 Å². The monoisotopic (exact) mass is 576 g/mol. The van der Waals surface area contributed by atoms with Gasteiger partial charge in [-0.1, -0.05) is 24.3 Å². The van der Waals surface area contributed by atoms with Crippen molar-refractivity contribution >= 4 is 45.0 Å². The first-order valence-electron chi connectivity index (χ1n) is 13.3. The van der Waals surface area contributed by atoms with Gasteiger partial charge in [-0.2, -0.15) is 0 Å². The molecule has 1 aromatic heterocycles. The van der Waals surface area contributed by atoms with Crippen molar-refractivity contribution in [3.05, 3.63) is 81.7 Å². The molecule has 1 fully saturated rings. The van der Waals surface area contributed by atoms with Crippen LogP contribution in [0, 0.1) is 13.8 Å². The van der Waals surface area contributed by atoms with Crippen LogP contribution in [-0.2, 0) is 31.6 Å². The van der Waals surface area contributed by atoms with Gasteiger partial charge in [-0.05, 0) is 61.9 Å². The zero-order chi connectivity index (χ0) is 29.5. The third-order valence-corrected chi connectivity index (χ3v) is 9.32. The smallest absolute Gasteiger partial charge is 0.307 e. The minimum atomic E-state index is -3.77. The van der Waals surface area contributed by atoms with Gasteiger partial charge in [-0.25, -0.2) is 8.42 Å². The lowest BCUT2D eigenvalue weighted by molar-refractivity contribution is -0.136. The number of carboxylic acids is 1. The predicted octanol–water partition coefficient (Wildman–Crippen LogP) is 3.11. The van der Waals surface area contributed by atoms with Crippen LogP contribution in [0.1, 0.15) is 44.0 Å². The van der Waals surface area contributed by atoms with Crippen molar-refractivity contribution in [3.63, 3.8) is 0 Å². The summed E-state index contributed by atoms with van der Waals surface area (Å²) in [6.45, 7) is 6.59. The largest absolute Gasteiger partial charge is 0.481 e. The van der Waals surface area contributed by atoms with E-state index in [1.807, 2.05) is 25.8 Å². The van der Waals surface area contributed by atoms with Crippen molar-refractivity contribution in [1.82, 2.24) is 14.8 Å². The van der Waals surface area contributed by atoms with E-state index < -0.39 is 15.8 Å². The number of likely N-dealkylation sites (N-methyl/N-ethyl adjacent to an activating group) is 1. The summed E-state index contributed by atoms with van der Waals surface area (Å²) in [7, 11) is -1.74. The van der Waals surface area contributed by atoms with Gasteiger partial charge in [0.25, 0.3) is 11.8 Å². The van der Waals surface area contributed by atoms with Crippen molar-refractivity contribution in [2.24, 2.45) is 0 Å². The van der Waals surface area contributed by atoms with E-state index >= 15 is 0 Å². The van der Waals surface area contributed by atoms with E-state index in [-0.39, 0.29) is 28.9 Å². The highest BCUT2D eigenvalue weighted by atomic mass is 32.2. The van der Waals surface area contributed by atoms with Gasteiger partial charge in [0.05, 0.1) is 28.2 Å². The number of hydrogen-bond donors (Lipinski definition) is 3. The molecule has 3 N–H and O–H groups in total. The summed E-state index contributed by atoms with van der Waals surface area (Å²) in [6, 6.07) is 11.0. The van der Waals surface area contributed by atoms with Crippen LogP contribution >= 0.6 is 0 Å². The lowest BCUT2D eigenvalue weighted by atomic mass is 10.0. The van der Waals surface area contributed by atoms with Crippen molar-refractivity contribution in [1.29, 1.82) is 0 Å². The zero-order valence-electron chi connectivity index (χ0n) is 23.2. The lowest BCUT2D eigenvalue weighted by Crippen LogP contribution is -2.47. The minimum Gasteiger partial charge on any atom is -0.481 e. The molecule has 11 heteroatoms. The number of carboxylic acid groups (broad SMARTS) is 1. The van der Waals surface area contributed by atoms with Crippen LogP contribution < -0.4 is 5.32 Å². The fourth-order valence-corrected chi connectivity index (χ4v) is 6.66. The molecule has 0 unspecified atom stereocenters. The Morgan fingerprint density at radius 3 is 2.32 bits per heavy atom. The maximum Gasteiger partial charge on any atom is 0.307 e. The summed E-state index contributed by atoms with van der Waals surface area (Å²) >= 11 is 0. The number of carbonyl (C=O) groups is 3. The average Bonchev–Trinajstić information content (AvgIpc) is 3.38. The topological polar surface area (TPSA) is 140 Å². The van der Waals surface area contributed by atoms with E-state index in [1.54, 1.807) is 36.4 Å². The minimum absolute atomic E-state index is 0.0466. The fourth-order valence-electron chi connectivity index (χ4n) is 5.29. The van der Waals surface area contributed by atoms with E-state index in [1.165, 1.54) is 12.1 Å². The normalized spacial score (nSPS) is 16.6. The van der Waals surface area contributed by atoms with Crippen LogP contribution in [0.4, 0.5) is 5.69 Å². The predicted molar refractivity (Wildman–Crippen MR) is 155 cm³/mol. The molecule has 214 valence electrons. The number of fused-ring (bicyclic) bond motifs is 1. The molecule has 3 heterocycles. The zero-order valence-corrected chi connectivity index (χ0v) is 24.0. The number of aromatic nitrogens is 1. The van der Waals surface area contributed by atoms with Crippen molar-refractivity contribution in [2.45, 2.75) is 30.9 Å². The quantitative estimate of drug-likeness (QED) is 0.367. The van der Waals surface area contributed by atoms with Gasteiger partial charge >= 0.3 is 5.97 Å². The Morgan fingerprint density at radius 2 is 1.66 bits per heavy atom. The van der Waals surface area contributed by atoms with Gasteiger partial charge in [0.1, 0.15) is 0 Å². The number of H-pyrrole nitrogens is 1. The standard InChI is InChI=1S/C30H32N4O6S/c1-18-26(31-19(2)28(18)30(38)34-12-10-33(3)11-13-34)16-24-23-15-22(8-9-25(23)32-29(24)37)41(39,40)17-21-6-4-20(5-7-21)14-27(35)36/h4-9,15-16,31H,10-14,17H2,1-3H3,(H,32,37)(H,35,36). The number of rotatable bonds is 7. The molecule has 2 aromatic carbocycles. The first-order chi connectivity index (χ1) is 19.4. The molecule has 3 aromatic rings. The highest BCUT2D eigenvalue weighted by molar-refractivity contribution is 7.90. The van der Waals surface area contributed by atoms with E-state index in [9.17, 15) is 22.8 Å². The molecule has 0 atom stereocenters. The number of aliphatic carboxylic acids is 1. The van der Waals surface area contributed by atoms with Crippen molar-refractivity contribution in [3.8, 4) is 0 Å². The molecule has 41 heavy (non-hydrogen) atoms. The van der Waals surface area contributed by atoms with Crippen LogP contribution in [-0.4, -0.2) is 79.3 Å². The van der Waals surface area contributed by atoms with Crippen LogP contribution in [0.15, 0.2) is 47.4 Å². The summed E-state index contributed by atoms with van der Waals surface area (Å²) in [5.41, 5.74) is 5.03. The first-order valence-corrected chi connectivity index (χ1v) is 14.9. The van der Waals surface area contributed by atoms with E-state index in [0.717, 1.165) is 18.7 Å². The Labute approximate surface area is 238 Å². The Bertz CT molecular complexity index is 1680. The van der Waals surface area contributed by atoms with Crippen LogP contribution in [0.25, 0.3) is 11.6 Å². The number of anilines is 1. The van der Waals surface area contributed by atoms with Crippen LogP contribution in [0.5, 0.6) is 0 Å². The van der Waals surface area contributed by atoms with Gasteiger partial charge in [-0.15, -0.1) is 0 Å². The maximum atomic E-state index is 13.3. The molecule has 2 aliphatic rings. The van der Waals surface area contributed by atoms with Crippen LogP contribution in [0.2, 0.25) is 0 Å². The van der Waals surface area contributed by atoms with Gasteiger partial charge in [0, 0.05) is 48.8 Å². The lowest BCUT2D eigenvalue weighted by Gasteiger charge is -2.32. The third-order valence-electron chi connectivity index (χ3n) is 7.64. The number of aryl methyl sites for hydroxylation is 1. The molecule has 2 amide bonds. The summed E-state index contributed by atoms with van der Waals surface area (Å²) in [4.78, 5) is 44.5. The van der Waals surface area contributed by atoms with Crippen LogP contribution in [0.3, 0.4) is 0 Å². The van der Waals surface area contributed by atoms with E-state index in [2.05, 4.69) is 15.2 Å². The number of piperazine rings is 1. The number of benzene rings is 2. The highest BCUT2D eigenvalue weighted by Crippen LogP contribution is 2.36. The van der Waals surface area contributed by atoms with Crippen molar-refractivity contribution in [2.75, 3.05) is 38.5 Å². The second-order valence-corrected chi connectivity index (χ2v) is 12.6. The van der Waals surface area contributed by atoms with Crippen molar-refractivity contribution < 1.29 is 27.9 Å².